The van der Waals surface area contributed by atoms with Crippen molar-refractivity contribution >= 4 is 39.1 Å². The molecule has 3 aromatic rings. The van der Waals surface area contributed by atoms with Crippen LogP contribution in [0.4, 0.5) is 5.69 Å². The molecule has 1 atom stereocenters. The van der Waals surface area contributed by atoms with Crippen LogP contribution in [0, 0.1) is 6.92 Å². The first-order valence-electron chi connectivity index (χ1n) is 14.2. The number of nitrogens with zero attached hydrogens (tertiary/aromatic N) is 2. The molecule has 41 heavy (non-hydrogen) atoms. The number of carbonyl (C=O) groups is 2. The Hall–Kier alpha value is -3.36. The second-order valence-electron chi connectivity index (χ2n) is 10.5. The van der Waals surface area contributed by atoms with Crippen LogP contribution in [-0.4, -0.2) is 43.8 Å². The molecule has 1 saturated carbocycles. The lowest BCUT2D eigenvalue weighted by molar-refractivity contribution is -0.140. The smallest absolute Gasteiger partial charge is 0.264 e. The fourth-order valence-electron chi connectivity index (χ4n) is 5.31. The maximum atomic E-state index is 14.2. The second-order valence-corrected chi connectivity index (χ2v) is 12.8. The van der Waals surface area contributed by atoms with Crippen LogP contribution < -0.4 is 9.62 Å². The van der Waals surface area contributed by atoms with E-state index in [4.69, 9.17) is 11.6 Å². The summed E-state index contributed by atoms with van der Waals surface area (Å²) in [5.74, 6) is -0.718. The van der Waals surface area contributed by atoms with Gasteiger partial charge in [-0.3, -0.25) is 13.9 Å². The van der Waals surface area contributed by atoms with Gasteiger partial charge in [0.2, 0.25) is 11.8 Å². The molecule has 1 fully saturated rings. The number of rotatable bonds is 11. The summed E-state index contributed by atoms with van der Waals surface area (Å²) in [4.78, 5) is 29.4. The van der Waals surface area contributed by atoms with E-state index >= 15 is 0 Å². The molecule has 218 valence electrons. The molecule has 1 aliphatic carbocycles. The van der Waals surface area contributed by atoms with Crippen molar-refractivity contribution in [3.05, 3.63) is 95.0 Å². The van der Waals surface area contributed by atoms with Crippen molar-refractivity contribution < 1.29 is 18.0 Å². The van der Waals surface area contributed by atoms with Gasteiger partial charge in [-0.15, -0.1) is 0 Å². The van der Waals surface area contributed by atoms with Crippen molar-refractivity contribution in [2.75, 3.05) is 10.8 Å². The molecular formula is C32H38ClN3O4S. The Kier molecular flexibility index (Phi) is 10.5. The van der Waals surface area contributed by atoms with Crippen LogP contribution in [0.15, 0.2) is 83.8 Å². The Labute approximate surface area is 248 Å². The summed E-state index contributed by atoms with van der Waals surface area (Å²) >= 11 is 6.48. The highest BCUT2D eigenvalue weighted by Crippen LogP contribution is 2.27. The monoisotopic (exact) mass is 595 g/mol. The topological polar surface area (TPSA) is 86.8 Å². The molecule has 0 aliphatic heterocycles. The first-order chi connectivity index (χ1) is 19.7. The molecule has 4 rings (SSSR count). The Bertz CT molecular complexity index is 1440. The third-order valence-electron chi connectivity index (χ3n) is 7.54. The number of hydrogen-bond donors (Lipinski definition) is 1. The zero-order valence-electron chi connectivity index (χ0n) is 23.6. The number of hydrogen-bond acceptors (Lipinski definition) is 4. The van der Waals surface area contributed by atoms with Crippen LogP contribution in [0.2, 0.25) is 5.02 Å². The minimum Gasteiger partial charge on any atom is -0.352 e. The highest BCUT2D eigenvalue weighted by atomic mass is 35.5. The minimum absolute atomic E-state index is 0.0716. The number of aryl methyl sites for hydroxylation is 1. The van der Waals surface area contributed by atoms with Crippen LogP contribution >= 0.6 is 11.6 Å². The van der Waals surface area contributed by atoms with Crippen molar-refractivity contribution in [3.8, 4) is 0 Å². The summed E-state index contributed by atoms with van der Waals surface area (Å²) < 4.78 is 28.9. The summed E-state index contributed by atoms with van der Waals surface area (Å²) in [6.07, 6.45) is 5.48. The van der Waals surface area contributed by atoms with Gasteiger partial charge in [-0.1, -0.05) is 86.3 Å². The predicted molar refractivity (Wildman–Crippen MR) is 163 cm³/mol. The van der Waals surface area contributed by atoms with Crippen LogP contribution in [0.3, 0.4) is 0 Å². The maximum absolute atomic E-state index is 14.2. The first-order valence-corrected chi connectivity index (χ1v) is 16.0. The number of amides is 2. The Morgan fingerprint density at radius 3 is 2.29 bits per heavy atom. The summed E-state index contributed by atoms with van der Waals surface area (Å²) in [6, 6.07) is 21.6. The second kappa shape index (κ2) is 14.0. The summed E-state index contributed by atoms with van der Waals surface area (Å²) in [6.45, 7) is 3.32. The Morgan fingerprint density at radius 2 is 1.63 bits per heavy atom. The normalized spacial score (nSPS) is 14.7. The number of benzene rings is 3. The zero-order chi connectivity index (χ0) is 29.4. The van der Waals surface area contributed by atoms with Crippen molar-refractivity contribution in [1.82, 2.24) is 10.2 Å². The number of halogens is 1. The Balaban J connectivity index is 1.71. The van der Waals surface area contributed by atoms with E-state index in [1.54, 1.807) is 48.5 Å². The van der Waals surface area contributed by atoms with E-state index in [2.05, 4.69) is 5.32 Å². The summed E-state index contributed by atoms with van der Waals surface area (Å²) in [5.41, 5.74) is 1.91. The van der Waals surface area contributed by atoms with Gasteiger partial charge in [0, 0.05) is 17.6 Å². The summed E-state index contributed by atoms with van der Waals surface area (Å²) in [5, 5.41) is 3.63. The number of nitrogens with one attached hydrogen (secondary N) is 1. The molecule has 0 bridgehead atoms. The van der Waals surface area contributed by atoms with E-state index in [1.165, 1.54) is 17.0 Å². The van der Waals surface area contributed by atoms with Gasteiger partial charge in [0.1, 0.15) is 12.6 Å². The van der Waals surface area contributed by atoms with E-state index in [0.29, 0.717) is 22.7 Å². The average Bonchev–Trinajstić information content (AvgIpc) is 2.97. The third-order valence-corrected chi connectivity index (χ3v) is 9.69. The Morgan fingerprint density at radius 1 is 0.951 bits per heavy atom. The van der Waals surface area contributed by atoms with Gasteiger partial charge in [-0.05, 0) is 67.6 Å². The van der Waals surface area contributed by atoms with Crippen LogP contribution in [0.25, 0.3) is 0 Å². The molecular weight excluding hydrogens is 558 g/mol. The minimum atomic E-state index is -4.10. The van der Waals surface area contributed by atoms with Gasteiger partial charge < -0.3 is 10.2 Å². The van der Waals surface area contributed by atoms with E-state index in [-0.39, 0.29) is 23.4 Å². The third kappa shape index (κ3) is 7.68. The van der Waals surface area contributed by atoms with Crippen LogP contribution in [0.5, 0.6) is 0 Å². The van der Waals surface area contributed by atoms with Crippen molar-refractivity contribution in [3.63, 3.8) is 0 Å². The van der Waals surface area contributed by atoms with Crippen LogP contribution in [0.1, 0.15) is 56.6 Å². The number of sulfonamides is 1. The standard InChI is InChI=1S/C32H38ClN3O4S/c1-3-30(32(38)34-26-15-6-4-7-16-26)35(22-25-14-10-11-20-29(25)33)31(37)23-36(27-17-12-13-24(2)21-27)41(39,40)28-18-8-5-9-19-28/h5,8-14,17-21,26,30H,3-4,6-7,15-16,22-23H2,1-2H3,(H,34,38). The fraction of sp³-hybridized carbons (Fsp3) is 0.375. The molecule has 0 aromatic heterocycles. The number of anilines is 1. The summed E-state index contributed by atoms with van der Waals surface area (Å²) in [7, 11) is -4.10. The highest BCUT2D eigenvalue weighted by molar-refractivity contribution is 7.92. The average molecular weight is 596 g/mol. The lowest BCUT2D eigenvalue weighted by Gasteiger charge is -2.34. The van der Waals surface area contributed by atoms with Gasteiger partial charge in [0.15, 0.2) is 0 Å². The fourth-order valence-corrected chi connectivity index (χ4v) is 6.93. The lowest BCUT2D eigenvalue weighted by atomic mass is 9.95. The predicted octanol–water partition coefficient (Wildman–Crippen LogP) is 6.10. The van der Waals surface area contributed by atoms with Crippen molar-refractivity contribution in [2.45, 2.75) is 75.9 Å². The van der Waals surface area contributed by atoms with Gasteiger partial charge in [-0.2, -0.15) is 0 Å². The molecule has 0 radical (unpaired) electrons. The van der Waals surface area contributed by atoms with Gasteiger partial charge >= 0.3 is 0 Å². The SMILES string of the molecule is CCC(C(=O)NC1CCCCC1)N(Cc1ccccc1Cl)C(=O)CN(c1cccc(C)c1)S(=O)(=O)c1ccccc1. The van der Waals surface area contributed by atoms with E-state index < -0.39 is 28.5 Å². The van der Waals surface area contributed by atoms with Gasteiger partial charge in [-0.25, -0.2) is 8.42 Å². The van der Waals surface area contributed by atoms with E-state index in [9.17, 15) is 18.0 Å². The van der Waals surface area contributed by atoms with Gasteiger partial charge in [0.25, 0.3) is 10.0 Å². The molecule has 2 amide bonds. The van der Waals surface area contributed by atoms with Gasteiger partial charge in [0.05, 0.1) is 10.6 Å². The van der Waals surface area contributed by atoms with E-state index in [1.807, 2.05) is 32.0 Å². The van der Waals surface area contributed by atoms with E-state index in [0.717, 1.165) is 42.0 Å². The molecule has 7 nitrogen and oxygen atoms in total. The number of carbonyl (C=O) groups excluding carboxylic acids is 2. The van der Waals surface area contributed by atoms with Crippen molar-refractivity contribution in [1.29, 1.82) is 0 Å². The molecule has 0 heterocycles. The maximum Gasteiger partial charge on any atom is 0.264 e. The molecule has 0 saturated heterocycles. The zero-order valence-corrected chi connectivity index (χ0v) is 25.2. The molecule has 3 aromatic carbocycles. The molecule has 0 spiro atoms. The highest BCUT2D eigenvalue weighted by Gasteiger charge is 2.34. The molecule has 1 aliphatic rings. The molecule has 1 N–H and O–H groups in total. The van der Waals surface area contributed by atoms with Crippen LogP contribution in [-0.2, 0) is 26.2 Å². The lowest BCUT2D eigenvalue weighted by Crippen LogP contribution is -2.54. The molecule has 9 heteroatoms. The van der Waals surface area contributed by atoms with Crippen molar-refractivity contribution in [2.24, 2.45) is 0 Å². The first kappa shape index (κ1) is 30.6. The quantitative estimate of drug-likeness (QED) is 0.290. The largest absolute Gasteiger partial charge is 0.352 e. The molecule has 1 unspecified atom stereocenters.